The van der Waals surface area contributed by atoms with Gasteiger partial charge < -0.3 is 10.1 Å². The second-order valence-electron chi connectivity index (χ2n) is 4.85. The van der Waals surface area contributed by atoms with E-state index in [2.05, 4.69) is 15.3 Å². The summed E-state index contributed by atoms with van der Waals surface area (Å²) < 4.78 is 5.43. The van der Waals surface area contributed by atoms with Gasteiger partial charge in [0.05, 0.1) is 12.1 Å². The first-order chi connectivity index (χ1) is 8.67. The summed E-state index contributed by atoms with van der Waals surface area (Å²) in [6.07, 6.45) is 4.59. The Bertz CT molecular complexity index is 405. The van der Waals surface area contributed by atoms with E-state index in [1.165, 1.54) is 12.8 Å². The Balaban J connectivity index is 2.17. The molecule has 0 bridgehead atoms. The number of halogens is 1. The highest BCUT2D eigenvalue weighted by Gasteiger charge is 2.33. The van der Waals surface area contributed by atoms with Crippen LogP contribution in [0.25, 0.3) is 0 Å². The van der Waals surface area contributed by atoms with Gasteiger partial charge >= 0.3 is 0 Å². The average Bonchev–Trinajstić information content (AvgIpc) is 2.78. The molecular formula is C13H20ClN3O. The summed E-state index contributed by atoms with van der Waals surface area (Å²) in [5, 5.41) is 3.41. The number of aromatic nitrogens is 2. The van der Waals surface area contributed by atoms with Crippen LogP contribution in [-0.4, -0.2) is 28.0 Å². The molecule has 5 heteroatoms. The summed E-state index contributed by atoms with van der Waals surface area (Å²) in [6, 6.07) is 1.84. The lowest BCUT2D eigenvalue weighted by atomic mass is 10.0. The van der Waals surface area contributed by atoms with E-state index in [4.69, 9.17) is 16.3 Å². The Morgan fingerprint density at radius 3 is 2.72 bits per heavy atom. The predicted molar refractivity (Wildman–Crippen MR) is 73.5 cm³/mol. The zero-order valence-corrected chi connectivity index (χ0v) is 11.8. The standard InChI is InChI=1S/C13H20ClN3O/c1-3-18-11-8-10(2)15-12(16-11)17-13(9-14)6-4-5-7-13/h8H,3-7,9H2,1-2H3,(H,15,16,17). The van der Waals surface area contributed by atoms with E-state index in [1.54, 1.807) is 0 Å². The van der Waals surface area contributed by atoms with E-state index >= 15 is 0 Å². The zero-order chi connectivity index (χ0) is 13.0. The molecule has 1 aliphatic carbocycles. The van der Waals surface area contributed by atoms with E-state index in [9.17, 15) is 0 Å². The molecule has 0 atom stereocenters. The van der Waals surface area contributed by atoms with E-state index in [1.807, 2.05) is 19.9 Å². The fourth-order valence-corrected chi connectivity index (χ4v) is 2.73. The van der Waals surface area contributed by atoms with Crippen molar-refractivity contribution >= 4 is 17.5 Å². The highest BCUT2D eigenvalue weighted by atomic mass is 35.5. The maximum absolute atomic E-state index is 6.11. The quantitative estimate of drug-likeness (QED) is 0.834. The SMILES string of the molecule is CCOc1cc(C)nc(NC2(CCl)CCCC2)n1. The number of ether oxygens (including phenoxy) is 1. The first-order valence-electron chi connectivity index (χ1n) is 6.50. The van der Waals surface area contributed by atoms with Crippen molar-refractivity contribution in [3.8, 4) is 5.88 Å². The van der Waals surface area contributed by atoms with Crippen LogP contribution in [0.5, 0.6) is 5.88 Å². The van der Waals surface area contributed by atoms with Gasteiger partial charge in [-0.2, -0.15) is 4.98 Å². The molecule has 1 aromatic rings. The van der Waals surface area contributed by atoms with Gasteiger partial charge in [0.15, 0.2) is 0 Å². The molecule has 4 nitrogen and oxygen atoms in total. The van der Waals surface area contributed by atoms with Crippen LogP contribution < -0.4 is 10.1 Å². The molecule has 1 N–H and O–H groups in total. The fraction of sp³-hybridized carbons (Fsp3) is 0.692. The van der Waals surface area contributed by atoms with Crippen molar-refractivity contribution in [1.29, 1.82) is 0 Å². The maximum atomic E-state index is 6.11. The predicted octanol–water partition coefficient (Wildman–Crippen LogP) is 3.15. The minimum atomic E-state index is -0.0428. The molecule has 0 saturated heterocycles. The van der Waals surface area contributed by atoms with Crippen molar-refractivity contribution in [3.05, 3.63) is 11.8 Å². The van der Waals surface area contributed by atoms with Crippen LogP contribution in [0.15, 0.2) is 6.07 Å². The number of nitrogens with one attached hydrogen (secondary N) is 1. The van der Waals surface area contributed by atoms with E-state index < -0.39 is 0 Å². The molecule has 0 spiro atoms. The summed E-state index contributed by atoms with van der Waals surface area (Å²) in [7, 11) is 0. The lowest BCUT2D eigenvalue weighted by molar-refractivity contribution is 0.326. The van der Waals surface area contributed by atoms with Crippen LogP contribution in [0.1, 0.15) is 38.3 Å². The van der Waals surface area contributed by atoms with Gasteiger partial charge in [-0.1, -0.05) is 12.8 Å². The second-order valence-corrected chi connectivity index (χ2v) is 5.12. The third kappa shape index (κ3) is 3.05. The molecule has 1 aromatic heterocycles. The first kappa shape index (κ1) is 13.4. The van der Waals surface area contributed by atoms with Crippen molar-refractivity contribution in [2.45, 2.75) is 45.1 Å². The fourth-order valence-electron chi connectivity index (χ4n) is 2.40. The van der Waals surface area contributed by atoms with Crippen LogP contribution in [-0.2, 0) is 0 Å². The molecule has 100 valence electrons. The molecule has 1 aliphatic rings. The van der Waals surface area contributed by atoms with Crippen molar-refractivity contribution < 1.29 is 4.74 Å². The molecule has 2 rings (SSSR count). The Morgan fingerprint density at radius 1 is 1.39 bits per heavy atom. The number of hydrogen-bond donors (Lipinski definition) is 1. The Hall–Kier alpha value is -1.03. The average molecular weight is 270 g/mol. The highest BCUT2D eigenvalue weighted by molar-refractivity contribution is 6.18. The largest absolute Gasteiger partial charge is 0.478 e. The van der Waals surface area contributed by atoms with Crippen molar-refractivity contribution in [2.75, 3.05) is 17.8 Å². The van der Waals surface area contributed by atoms with Gasteiger partial charge in [-0.25, -0.2) is 4.98 Å². The van der Waals surface area contributed by atoms with E-state index in [-0.39, 0.29) is 5.54 Å². The minimum Gasteiger partial charge on any atom is -0.478 e. The van der Waals surface area contributed by atoms with Gasteiger partial charge in [0.1, 0.15) is 0 Å². The third-order valence-electron chi connectivity index (χ3n) is 3.32. The monoisotopic (exact) mass is 269 g/mol. The van der Waals surface area contributed by atoms with Crippen LogP contribution in [0, 0.1) is 6.92 Å². The number of alkyl halides is 1. The number of nitrogens with zero attached hydrogens (tertiary/aromatic N) is 2. The van der Waals surface area contributed by atoms with Crippen molar-refractivity contribution in [3.63, 3.8) is 0 Å². The first-order valence-corrected chi connectivity index (χ1v) is 7.03. The number of hydrogen-bond acceptors (Lipinski definition) is 4. The molecule has 0 aromatic carbocycles. The van der Waals surface area contributed by atoms with Gasteiger partial charge in [0.25, 0.3) is 0 Å². The highest BCUT2D eigenvalue weighted by Crippen LogP contribution is 2.33. The lowest BCUT2D eigenvalue weighted by Crippen LogP contribution is -2.37. The molecule has 0 radical (unpaired) electrons. The molecule has 0 aliphatic heterocycles. The second kappa shape index (κ2) is 5.74. The summed E-state index contributed by atoms with van der Waals surface area (Å²) in [5.41, 5.74) is 0.859. The maximum Gasteiger partial charge on any atom is 0.226 e. The topological polar surface area (TPSA) is 47.0 Å². The lowest BCUT2D eigenvalue weighted by Gasteiger charge is -2.28. The van der Waals surface area contributed by atoms with Crippen molar-refractivity contribution in [2.24, 2.45) is 0 Å². The molecule has 0 amide bonds. The van der Waals surface area contributed by atoms with Gasteiger partial charge in [0, 0.05) is 17.6 Å². The van der Waals surface area contributed by atoms with Gasteiger partial charge in [-0.15, -0.1) is 11.6 Å². The van der Waals surface area contributed by atoms with E-state index in [0.717, 1.165) is 18.5 Å². The molecule has 1 heterocycles. The van der Waals surface area contributed by atoms with Crippen LogP contribution >= 0.6 is 11.6 Å². The summed E-state index contributed by atoms with van der Waals surface area (Å²) in [6.45, 7) is 4.50. The van der Waals surface area contributed by atoms with E-state index in [0.29, 0.717) is 24.3 Å². The molecular weight excluding hydrogens is 250 g/mol. The Kier molecular flexibility index (Phi) is 4.27. The summed E-state index contributed by atoms with van der Waals surface area (Å²) in [4.78, 5) is 8.79. The Morgan fingerprint density at radius 2 is 2.11 bits per heavy atom. The number of aryl methyl sites for hydroxylation is 1. The third-order valence-corrected chi connectivity index (χ3v) is 3.83. The normalized spacial score (nSPS) is 17.7. The van der Waals surface area contributed by atoms with Crippen LogP contribution in [0.3, 0.4) is 0 Å². The Labute approximate surface area is 113 Å². The summed E-state index contributed by atoms with van der Waals surface area (Å²) >= 11 is 6.11. The van der Waals surface area contributed by atoms with Gasteiger partial charge in [-0.3, -0.25) is 0 Å². The smallest absolute Gasteiger partial charge is 0.226 e. The molecule has 0 unspecified atom stereocenters. The number of rotatable bonds is 5. The molecule has 18 heavy (non-hydrogen) atoms. The van der Waals surface area contributed by atoms with Crippen LogP contribution in [0.2, 0.25) is 0 Å². The number of anilines is 1. The van der Waals surface area contributed by atoms with Gasteiger partial charge in [0.2, 0.25) is 11.8 Å². The summed E-state index contributed by atoms with van der Waals surface area (Å²) in [5.74, 6) is 1.84. The molecule has 1 fully saturated rings. The van der Waals surface area contributed by atoms with Gasteiger partial charge in [-0.05, 0) is 26.7 Å². The zero-order valence-electron chi connectivity index (χ0n) is 11.0. The van der Waals surface area contributed by atoms with Crippen LogP contribution in [0.4, 0.5) is 5.95 Å². The minimum absolute atomic E-state index is 0.0428. The van der Waals surface area contributed by atoms with Crippen molar-refractivity contribution in [1.82, 2.24) is 9.97 Å². The molecule has 1 saturated carbocycles.